The second-order valence-electron chi connectivity index (χ2n) is 5.40. The van der Waals surface area contributed by atoms with Crippen LogP contribution in [0.2, 0.25) is 0 Å². The summed E-state index contributed by atoms with van der Waals surface area (Å²) < 4.78 is 11.4. The van der Waals surface area contributed by atoms with Gasteiger partial charge < -0.3 is 9.47 Å². The van der Waals surface area contributed by atoms with Gasteiger partial charge in [0, 0.05) is 12.1 Å². The molecular weight excluding hydrogens is 332 g/mol. The van der Waals surface area contributed by atoms with E-state index in [1.54, 1.807) is 0 Å². The smallest absolute Gasteiger partial charge is 0.287 e. The number of nitro benzene ring substituents is 1. The third-order valence-corrected chi connectivity index (χ3v) is 3.57. The second kappa shape index (κ2) is 7.81. The molecule has 0 saturated heterocycles. The highest BCUT2D eigenvalue weighted by Crippen LogP contribution is 2.25. The van der Waals surface area contributed by atoms with Gasteiger partial charge in [-0.1, -0.05) is 30.3 Å². The van der Waals surface area contributed by atoms with Crippen LogP contribution in [0.25, 0.3) is 0 Å². The lowest BCUT2D eigenvalue weighted by molar-refractivity contribution is -0.385. The minimum absolute atomic E-state index is 0.0336. The lowest BCUT2D eigenvalue weighted by atomic mass is 10.2. The van der Waals surface area contributed by atoms with Crippen molar-refractivity contribution in [2.45, 2.75) is 6.61 Å². The topological polar surface area (TPSA) is 85.4 Å². The van der Waals surface area contributed by atoms with Gasteiger partial charge in [0.2, 0.25) is 0 Å². The Hall–Kier alpha value is -3.85. The Morgan fingerprint density at radius 1 is 0.923 bits per heavy atom. The van der Waals surface area contributed by atoms with Gasteiger partial charge in [0.1, 0.15) is 35.5 Å². The first-order valence-corrected chi connectivity index (χ1v) is 7.79. The summed E-state index contributed by atoms with van der Waals surface area (Å²) in [5.74, 6) is 1.81. The van der Waals surface area contributed by atoms with Crippen LogP contribution in [0.15, 0.2) is 72.8 Å². The van der Waals surface area contributed by atoms with Crippen molar-refractivity contribution in [2.75, 3.05) is 0 Å². The highest BCUT2D eigenvalue weighted by atomic mass is 16.6. The molecule has 0 N–H and O–H groups in total. The fraction of sp³-hybridized carbons (Fsp3) is 0.0500. The Kier molecular flexibility index (Phi) is 5.11. The number of rotatable bonds is 6. The third kappa shape index (κ3) is 4.16. The zero-order valence-corrected chi connectivity index (χ0v) is 13.7. The van der Waals surface area contributed by atoms with Crippen molar-refractivity contribution < 1.29 is 14.4 Å². The molecule has 3 rings (SSSR count). The van der Waals surface area contributed by atoms with E-state index in [0.717, 1.165) is 11.3 Å². The number of nitro groups is 1. The first kappa shape index (κ1) is 17.0. The number of hydrogen-bond acceptors (Lipinski definition) is 5. The van der Waals surface area contributed by atoms with Crippen LogP contribution in [-0.2, 0) is 6.61 Å². The molecule has 6 heteroatoms. The molecule has 0 spiro atoms. The van der Waals surface area contributed by atoms with Crippen molar-refractivity contribution in [3.05, 3.63) is 94.0 Å². The first-order chi connectivity index (χ1) is 12.7. The molecule has 0 aromatic heterocycles. The third-order valence-electron chi connectivity index (χ3n) is 3.57. The van der Waals surface area contributed by atoms with Crippen molar-refractivity contribution >= 4 is 5.69 Å². The summed E-state index contributed by atoms with van der Waals surface area (Å²) in [7, 11) is 0. The van der Waals surface area contributed by atoms with Crippen LogP contribution in [0.4, 0.5) is 5.69 Å². The molecule has 0 unspecified atom stereocenters. The molecule has 0 amide bonds. The molecule has 128 valence electrons. The largest absolute Gasteiger partial charge is 0.489 e. The van der Waals surface area contributed by atoms with E-state index in [4.69, 9.17) is 14.7 Å². The Morgan fingerprint density at radius 2 is 1.69 bits per heavy atom. The SMILES string of the molecule is N#Cc1cc(OCc2cccc(Oc3ccccc3)c2)ccc1[N+](=O)[O-]. The van der Waals surface area contributed by atoms with Gasteiger partial charge in [-0.15, -0.1) is 0 Å². The maximum absolute atomic E-state index is 10.9. The van der Waals surface area contributed by atoms with E-state index in [1.807, 2.05) is 60.7 Å². The summed E-state index contributed by atoms with van der Waals surface area (Å²) in [5.41, 5.74) is 0.599. The minimum atomic E-state index is -0.591. The van der Waals surface area contributed by atoms with Crippen LogP contribution >= 0.6 is 0 Å². The zero-order chi connectivity index (χ0) is 18.4. The number of hydrogen-bond donors (Lipinski definition) is 0. The number of nitrogens with zero attached hydrogens (tertiary/aromatic N) is 2. The van der Waals surface area contributed by atoms with E-state index in [9.17, 15) is 10.1 Å². The molecule has 0 fully saturated rings. The molecule has 0 aliphatic carbocycles. The van der Waals surface area contributed by atoms with Crippen molar-refractivity contribution in [2.24, 2.45) is 0 Å². The number of ether oxygens (including phenoxy) is 2. The highest BCUT2D eigenvalue weighted by molar-refractivity contribution is 5.52. The van der Waals surface area contributed by atoms with Crippen LogP contribution in [0.1, 0.15) is 11.1 Å². The minimum Gasteiger partial charge on any atom is -0.489 e. The van der Waals surface area contributed by atoms with Crippen LogP contribution in [0.3, 0.4) is 0 Å². The fourth-order valence-electron chi connectivity index (χ4n) is 2.34. The maximum Gasteiger partial charge on any atom is 0.287 e. The highest BCUT2D eigenvalue weighted by Gasteiger charge is 2.14. The standard InChI is InChI=1S/C20H14N2O4/c21-13-16-12-18(9-10-20(16)22(23)24)25-14-15-5-4-8-19(11-15)26-17-6-2-1-3-7-17/h1-12H,14H2. The van der Waals surface area contributed by atoms with Gasteiger partial charge in [-0.05, 0) is 35.9 Å². The molecule has 0 aliphatic heterocycles. The predicted octanol–water partition coefficient (Wildman–Crippen LogP) is 4.84. The summed E-state index contributed by atoms with van der Waals surface area (Å²) >= 11 is 0. The van der Waals surface area contributed by atoms with Gasteiger partial charge in [-0.25, -0.2) is 0 Å². The number of para-hydroxylation sites is 1. The van der Waals surface area contributed by atoms with E-state index in [1.165, 1.54) is 18.2 Å². The maximum atomic E-state index is 10.9. The monoisotopic (exact) mass is 346 g/mol. The molecule has 0 atom stereocenters. The van der Waals surface area contributed by atoms with Crippen LogP contribution in [0, 0.1) is 21.4 Å². The average molecular weight is 346 g/mol. The van der Waals surface area contributed by atoms with Crippen LogP contribution in [0.5, 0.6) is 17.2 Å². The average Bonchev–Trinajstić information content (AvgIpc) is 2.67. The molecular formula is C20H14N2O4. The first-order valence-electron chi connectivity index (χ1n) is 7.79. The summed E-state index contributed by atoms with van der Waals surface area (Å²) in [5, 5.41) is 19.9. The molecule has 3 aromatic carbocycles. The summed E-state index contributed by atoms with van der Waals surface area (Å²) in [6.07, 6.45) is 0. The van der Waals surface area contributed by atoms with Crippen LogP contribution in [-0.4, -0.2) is 4.92 Å². The molecule has 0 heterocycles. The predicted molar refractivity (Wildman–Crippen MR) is 95.1 cm³/mol. The van der Waals surface area contributed by atoms with Gasteiger partial charge >= 0.3 is 0 Å². The normalized spacial score (nSPS) is 9.96. The van der Waals surface area contributed by atoms with Gasteiger partial charge in [0.15, 0.2) is 0 Å². The fourth-order valence-corrected chi connectivity index (χ4v) is 2.34. The molecule has 6 nitrogen and oxygen atoms in total. The molecule has 0 bridgehead atoms. The van der Waals surface area contributed by atoms with Gasteiger partial charge in [0.05, 0.1) is 4.92 Å². The second-order valence-corrected chi connectivity index (χ2v) is 5.40. The van der Waals surface area contributed by atoms with Crippen molar-refractivity contribution in [3.63, 3.8) is 0 Å². The Bertz CT molecular complexity index is 965. The number of benzene rings is 3. The van der Waals surface area contributed by atoms with Crippen molar-refractivity contribution in [1.82, 2.24) is 0 Å². The summed E-state index contributed by atoms with van der Waals surface area (Å²) in [6.45, 7) is 0.245. The van der Waals surface area contributed by atoms with Crippen molar-refractivity contribution in [1.29, 1.82) is 5.26 Å². The Balaban J connectivity index is 1.69. The molecule has 3 aromatic rings. The van der Waals surface area contributed by atoms with Crippen molar-refractivity contribution in [3.8, 4) is 23.3 Å². The Morgan fingerprint density at radius 3 is 2.42 bits per heavy atom. The lowest BCUT2D eigenvalue weighted by Crippen LogP contribution is -1.98. The van der Waals surface area contributed by atoms with Gasteiger partial charge in [-0.3, -0.25) is 10.1 Å². The lowest BCUT2D eigenvalue weighted by Gasteiger charge is -2.09. The number of nitriles is 1. The zero-order valence-electron chi connectivity index (χ0n) is 13.7. The van der Waals surface area contributed by atoms with E-state index in [0.29, 0.717) is 11.5 Å². The van der Waals surface area contributed by atoms with E-state index < -0.39 is 4.92 Å². The summed E-state index contributed by atoms with van der Waals surface area (Å²) in [4.78, 5) is 10.3. The van der Waals surface area contributed by atoms with E-state index in [2.05, 4.69) is 0 Å². The molecule has 0 radical (unpaired) electrons. The molecule has 26 heavy (non-hydrogen) atoms. The quantitative estimate of drug-likeness (QED) is 0.471. The molecule has 0 saturated carbocycles. The Labute approximate surface area is 150 Å². The van der Waals surface area contributed by atoms with E-state index >= 15 is 0 Å². The van der Waals surface area contributed by atoms with E-state index in [-0.39, 0.29) is 17.9 Å². The summed E-state index contributed by atoms with van der Waals surface area (Å²) in [6, 6.07) is 22.8. The van der Waals surface area contributed by atoms with Gasteiger partial charge in [0.25, 0.3) is 5.69 Å². The molecule has 0 aliphatic rings. The van der Waals surface area contributed by atoms with Crippen LogP contribution < -0.4 is 9.47 Å². The van der Waals surface area contributed by atoms with Gasteiger partial charge in [-0.2, -0.15) is 5.26 Å².